The molecule has 0 aliphatic rings. The maximum Gasteiger partial charge on any atom is 0.222 e. The molecule has 5 nitrogen and oxygen atoms in total. The zero-order valence-corrected chi connectivity index (χ0v) is 13.2. The molecule has 24 heavy (non-hydrogen) atoms. The number of nitrogens with zero attached hydrogens (tertiary/aromatic N) is 2. The molecule has 0 bridgehead atoms. The topological polar surface area (TPSA) is 62.3 Å². The van der Waals surface area contributed by atoms with Crippen LogP contribution in [-0.4, -0.2) is 23.3 Å². The third-order valence-corrected chi connectivity index (χ3v) is 3.90. The molecule has 0 spiro atoms. The first-order valence-electron chi connectivity index (χ1n) is 7.65. The van der Waals surface area contributed by atoms with E-state index < -0.39 is 0 Å². The molecule has 0 radical (unpaired) electrons. The van der Waals surface area contributed by atoms with Gasteiger partial charge < -0.3 is 9.72 Å². The number of aromatic amines is 1. The predicted molar refractivity (Wildman–Crippen MR) is 97.8 cm³/mol. The van der Waals surface area contributed by atoms with Crippen LogP contribution in [0.3, 0.4) is 0 Å². The van der Waals surface area contributed by atoms with Gasteiger partial charge in [-0.05, 0) is 29.0 Å². The molecule has 0 fully saturated rings. The van der Waals surface area contributed by atoms with E-state index in [0.717, 1.165) is 33.1 Å². The van der Waals surface area contributed by atoms with Crippen molar-refractivity contribution in [3.63, 3.8) is 0 Å². The Balaban J connectivity index is 1.66. The lowest BCUT2D eigenvalue weighted by atomic mass is 10.0. The number of H-pyrrole nitrogens is 1. The SMILES string of the molecule is COc1ccc2ccccc2c1C=NNc1nc2ccccc2[nH]1. The molecule has 5 heteroatoms. The number of fused-ring (bicyclic) bond motifs is 2. The minimum atomic E-state index is 0.603. The fourth-order valence-electron chi connectivity index (χ4n) is 2.75. The number of hydrazone groups is 1. The van der Waals surface area contributed by atoms with Crippen molar-refractivity contribution in [1.29, 1.82) is 0 Å². The summed E-state index contributed by atoms with van der Waals surface area (Å²) in [7, 11) is 1.66. The van der Waals surface area contributed by atoms with Crippen LogP contribution in [-0.2, 0) is 0 Å². The average molecular weight is 316 g/mol. The van der Waals surface area contributed by atoms with Crippen LogP contribution in [0.15, 0.2) is 65.8 Å². The fourth-order valence-corrected chi connectivity index (χ4v) is 2.75. The lowest BCUT2D eigenvalue weighted by molar-refractivity contribution is 0.415. The van der Waals surface area contributed by atoms with Gasteiger partial charge in [-0.15, -0.1) is 0 Å². The number of benzene rings is 3. The molecule has 3 aromatic carbocycles. The van der Waals surface area contributed by atoms with Crippen LogP contribution in [0, 0.1) is 0 Å². The summed E-state index contributed by atoms with van der Waals surface area (Å²) < 4.78 is 5.46. The number of rotatable bonds is 4. The second-order valence-electron chi connectivity index (χ2n) is 5.38. The molecule has 1 aromatic heterocycles. The number of methoxy groups -OCH3 is 1. The number of imidazole rings is 1. The lowest BCUT2D eigenvalue weighted by Gasteiger charge is -2.08. The molecule has 2 N–H and O–H groups in total. The van der Waals surface area contributed by atoms with Crippen LogP contribution >= 0.6 is 0 Å². The van der Waals surface area contributed by atoms with E-state index in [9.17, 15) is 0 Å². The molecule has 1 heterocycles. The number of ether oxygens (including phenoxy) is 1. The lowest BCUT2D eigenvalue weighted by Crippen LogP contribution is -1.96. The molecule has 0 saturated heterocycles. The minimum absolute atomic E-state index is 0.603. The van der Waals surface area contributed by atoms with E-state index in [1.807, 2.05) is 48.5 Å². The highest BCUT2D eigenvalue weighted by molar-refractivity contribution is 6.02. The van der Waals surface area contributed by atoms with Crippen molar-refractivity contribution >= 4 is 34.0 Å². The molecular weight excluding hydrogens is 300 g/mol. The summed E-state index contributed by atoms with van der Waals surface area (Å²) in [5.41, 5.74) is 5.75. The number of nitrogens with one attached hydrogen (secondary N) is 2. The van der Waals surface area contributed by atoms with E-state index in [1.54, 1.807) is 13.3 Å². The molecule has 0 unspecified atom stereocenters. The van der Waals surface area contributed by atoms with Gasteiger partial charge in [0, 0.05) is 5.56 Å². The monoisotopic (exact) mass is 316 g/mol. The Kier molecular flexibility index (Phi) is 3.59. The van der Waals surface area contributed by atoms with Gasteiger partial charge in [-0.25, -0.2) is 10.4 Å². The summed E-state index contributed by atoms with van der Waals surface area (Å²) in [6.45, 7) is 0. The van der Waals surface area contributed by atoms with Crippen molar-refractivity contribution in [2.45, 2.75) is 0 Å². The van der Waals surface area contributed by atoms with Crippen LogP contribution < -0.4 is 10.2 Å². The van der Waals surface area contributed by atoms with Crippen LogP contribution in [0.25, 0.3) is 21.8 Å². The van der Waals surface area contributed by atoms with Crippen molar-refractivity contribution < 1.29 is 4.74 Å². The number of hydrogen-bond donors (Lipinski definition) is 2. The molecule has 4 aromatic rings. The van der Waals surface area contributed by atoms with E-state index in [-0.39, 0.29) is 0 Å². The number of para-hydroxylation sites is 2. The minimum Gasteiger partial charge on any atom is -0.496 e. The molecule has 0 saturated carbocycles. The first-order valence-corrected chi connectivity index (χ1v) is 7.65. The van der Waals surface area contributed by atoms with Crippen LogP contribution in [0.4, 0.5) is 5.95 Å². The summed E-state index contributed by atoms with van der Waals surface area (Å²) >= 11 is 0. The van der Waals surface area contributed by atoms with Gasteiger partial charge in [-0.2, -0.15) is 5.10 Å². The molecule has 118 valence electrons. The zero-order valence-electron chi connectivity index (χ0n) is 13.2. The average Bonchev–Trinajstić information content (AvgIpc) is 3.04. The second kappa shape index (κ2) is 6.04. The van der Waals surface area contributed by atoms with Gasteiger partial charge in [-0.3, -0.25) is 0 Å². The highest BCUT2D eigenvalue weighted by Gasteiger charge is 2.06. The van der Waals surface area contributed by atoms with Gasteiger partial charge in [0.15, 0.2) is 0 Å². The van der Waals surface area contributed by atoms with E-state index >= 15 is 0 Å². The largest absolute Gasteiger partial charge is 0.496 e. The number of hydrogen-bond acceptors (Lipinski definition) is 4. The van der Waals surface area contributed by atoms with Crippen molar-refractivity contribution in [2.75, 3.05) is 12.5 Å². The van der Waals surface area contributed by atoms with Gasteiger partial charge in [0.2, 0.25) is 5.95 Å². The molecule has 4 rings (SSSR count). The first kappa shape index (κ1) is 14.3. The summed E-state index contributed by atoms with van der Waals surface area (Å²) in [5.74, 6) is 1.38. The van der Waals surface area contributed by atoms with Gasteiger partial charge in [0.1, 0.15) is 5.75 Å². The molecule has 0 aliphatic heterocycles. The zero-order chi connectivity index (χ0) is 16.4. The van der Waals surface area contributed by atoms with Crippen molar-refractivity contribution in [1.82, 2.24) is 9.97 Å². The second-order valence-corrected chi connectivity index (χ2v) is 5.38. The Bertz CT molecular complexity index is 1000. The summed E-state index contributed by atoms with van der Waals surface area (Å²) in [6.07, 6.45) is 1.76. The van der Waals surface area contributed by atoms with Gasteiger partial charge >= 0.3 is 0 Å². The van der Waals surface area contributed by atoms with Crippen LogP contribution in [0.2, 0.25) is 0 Å². The molecule has 0 aliphatic carbocycles. The van der Waals surface area contributed by atoms with Crippen LogP contribution in [0.1, 0.15) is 5.56 Å². The quantitative estimate of drug-likeness (QED) is 0.439. The Morgan fingerprint density at radius 1 is 1.04 bits per heavy atom. The smallest absolute Gasteiger partial charge is 0.222 e. The maximum atomic E-state index is 5.46. The van der Waals surface area contributed by atoms with Gasteiger partial charge in [-0.1, -0.05) is 42.5 Å². The Labute approximate surface area is 139 Å². The maximum absolute atomic E-state index is 5.46. The standard InChI is InChI=1S/C19H16N4O/c1-24-18-11-10-13-6-2-3-7-14(13)15(18)12-20-23-19-21-16-8-4-5-9-17(16)22-19/h2-12H,1H3,(H2,21,22,23). The molecule has 0 amide bonds. The Morgan fingerprint density at radius 2 is 1.88 bits per heavy atom. The van der Waals surface area contributed by atoms with E-state index in [0.29, 0.717) is 5.95 Å². The first-order chi connectivity index (χ1) is 11.8. The van der Waals surface area contributed by atoms with E-state index in [4.69, 9.17) is 4.74 Å². The van der Waals surface area contributed by atoms with Crippen molar-refractivity contribution in [3.05, 3.63) is 66.2 Å². The van der Waals surface area contributed by atoms with Gasteiger partial charge in [0.25, 0.3) is 0 Å². The predicted octanol–water partition coefficient (Wildman–Crippen LogP) is 4.17. The summed E-state index contributed by atoms with van der Waals surface area (Å²) in [6, 6.07) is 20.0. The van der Waals surface area contributed by atoms with E-state index in [1.165, 1.54) is 0 Å². The number of aromatic nitrogens is 2. The third-order valence-electron chi connectivity index (χ3n) is 3.90. The van der Waals surface area contributed by atoms with Gasteiger partial charge in [0.05, 0.1) is 24.4 Å². The highest BCUT2D eigenvalue weighted by atomic mass is 16.5. The number of anilines is 1. The Hall–Kier alpha value is -3.34. The normalized spacial score (nSPS) is 11.4. The third kappa shape index (κ3) is 2.56. The fraction of sp³-hybridized carbons (Fsp3) is 0.0526. The summed E-state index contributed by atoms with van der Waals surface area (Å²) in [4.78, 5) is 7.62. The Morgan fingerprint density at radius 3 is 2.75 bits per heavy atom. The summed E-state index contributed by atoms with van der Waals surface area (Å²) in [5, 5.41) is 6.55. The van der Waals surface area contributed by atoms with Crippen LogP contribution in [0.5, 0.6) is 5.75 Å². The van der Waals surface area contributed by atoms with Crippen molar-refractivity contribution in [3.8, 4) is 5.75 Å². The van der Waals surface area contributed by atoms with E-state index in [2.05, 4.69) is 32.6 Å². The molecular formula is C19H16N4O. The molecule has 0 atom stereocenters. The highest BCUT2D eigenvalue weighted by Crippen LogP contribution is 2.26. The van der Waals surface area contributed by atoms with Crippen molar-refractivity contribution in [2.24, 2.45) is 5.10 Å².